The minimum Gasteiger partial charge on any atom is -0.516 e. The fourth-order valence-corrected chi connectivity index (χ4v) is 9.83. The van der Waals surface area contributed by atoms with Crippen LogP contribution in [0.5, 0.6) is 5.75 Å². The number of methoxy groups -OCH3 is 1. The van der Waals surface area contributed by atoms with E-state index in [9.17, 15) is 0 Å². The number of anilines is 1. The summed E-state index contributed by atoms with van der Waals surface area (Å²) in [5, 5.41) is 0. The van der Waals surface area contributed by atoms with E-state index >= 15 is 0 Å². The van der Waals surface area contributed by atoms with Gasteiger partial charge in [-0.2, -0.15) is 0 Å². The fraction of sp³-hybridized carbons (Fsp3) is 0.100. The Kier molecular flexibility index (Phi) is 36.7. The first-order chi connectivity index (χ1) is 46.0. The van der Waals surface area contributed by atoms with Crippen molar-refractivity contribution in [1.29, 1.82) is 0 Å². The van der Waals surface area contributed by atoms with Crippen LogP contribution in [0, 0.1) is 36.4 Å². The minimum absolute atomic E-state index is 0. The Morgan fingerprint density at radius 2 is 0.720 bits per heavy atom. The first kappa shape index (κ1) is 84.3. The number of para-hydroxylation sites is 1. The molecule has 0 aliphatic heterocycles. The molecule has 526 valence electrons. The molecule has 0 unspecified atom stereocenters. The van der Waals surface area contributed by atoms with Gasteiger partial charge in [0.1, 0.15) is 0 Å². The summed E-state index contributed by atoms with van der Waals surface area (Å²) >= 11 is 0. The quantitative estimate of drug-likeness (QED) is 0.117. The summed E-state index contributed by atoms with van der Waals surface area (Å²) in [7, 11) is 15.6. The molecule has 0 aliphatic rings. The van der Waals surface area contributed by atoms with Crippen LogP contribution in [0.15, 0.2) is 287 Å². The molecule has 0 saturated carbocycles. The van der Waals surface area contributed by atoms with Crippen LogP contribution in [-0.2, 0) is 160 Å². The molecule has 6 aromatic heterocycles. The second-order valence-corrected chi connectivity index (χ2v) is 21.5. The van der Waals surface area contributed by atoms with E-state index in [-0.39, 0.29) is 124 Å². The molecule has 15 aromatic rings. The maximum absolute atomic E-state index is 5.14. The smallest absolute Gasteiger partial charge is 0.0768 e. The average Bonchev–Trinajstić information content (AvgIpc) is 1.74. The third kappa shape index (κ3) is 23.5. The van der Waals surface area contributed by atoms with Crippen LogP contribution in [0.2, 0.25) is 0 Å². The molecule has 15 rings (SSSR count). The summed E-state index contributed by atoms with van der Waals surface area (Å²) in [6.45, 7) is 0. The molecule has 14 nitrogen and oxygen atoms in total. The van der Waals surface area contributed by atoms with Gasteiger partial charge in [0.15, 0.2) is 0 Å². The Bertz CT molecular complexity index is 4670. The summed E-state index contributed by atoms with van der Waals surface area (Å²) in [6.07, 6.45) is 20.7. The van der Waals surface area contributed by atoms with Crippen molar-refractivity contribution in [3.05, 3.63) is 323 Å². The van der Waals surface area contributed by atoms with E-state index in [1.165, 1.54) is 11.1 Å². The number of aryl methyl sites for hydroxylation is 5. The molecule has 0 aliphatic carbocycles. The predicted octanol–water partition coefficient (Wildman–Crippen LogP) is 16.2. The number of rotatable bonds is 11. The second kappa shape index (κ2) is 43.5. The largest absolute Gasteiger partial charge is 0.516 e. The molecule has 0 atom stereocenters. The molecule has 6 heterocycles. The van der Waals surface area contributed by atoms with Crippen molar-refractivity contribution in [3.63, 3.8) is 0 Å². The zero-order valence-electron chi connectivity index (χ0n) is 55.8. The van der Waals surface area contributed by atoms with Gasteiger partial charge in [0.2, 0.25) is 0 Å². The molecule has 0 fully saturated rings. The second-order valence-electron chi connectivity index (χ2n) is 21.5. The van der Waals surface area contributed by atoms with Crippen molar-refractivity contribution in [3.8, 4) is 102 Å². The van der Waals surface area contributed by atoms with Gasteiger partial charge in [-0.05, 0) is 23.4 Å². The van der Waals surface area contributed by atoms with E-state index in [0.29, 0.717) is 0 Å². The molecular formula is C80H71Ir2N13OPt4-6. The van der Waals surface area contributed by atoms with Gasteiger partial charge in [-0.15, -0.1) is 197 Å². The van der Waals surface area contributed by atoms with Crippen molar-refractivity contribution < 1.29 is 129 Å². The third-order valence-corrected chi connectivity index (χ3v) is 14.7. The Morgan fingerprint density at radius 3 is 1.17 bits per heavy atom. The van der Waals surface area contributed by atoms with Gasteiger partial charge in [0.05, 0.1) is 47.8 Å². The Hall–Kier alpha value is -8.11. The maximum atomic E-state index is 5.14. The molecule has 9 aromatic carbocycles. The van der Waals surface area contributed by atoms with Crippen molar-refractivity contribution in [2.45, 2.75) is 0 Å². The zero-order valence-corrected chi connectivity index (χ0v) is 69.7. The van der Waals surface area contributed by atoms with Crippen LogP contribution in [0.4, 0.5) is 5.69 Å². The topological polar surface area (TPSA) is 119 Å². The van der Waals surface area contributed by atoms with Crippen LogP contribution >= 0.6 is 0 Å². The molecule has 0 amide bonds. The van der Waals surface area contributed by atoms with E-state index in [4.69, 9.17) is 4.74 Å². The van der Waals surface area contributed by atoms with E-state index in [0.717, 1.165) is 96.7 Å². The molecule has 0 bridgehead atoms. The maximum Gasteiger partial charge on any atom is 0.0768 e. The van der Waals surface area contributed by atoms with Crippen molar-refractivity contribution in [2.24, 2.45) is 35.2 Å². The third-order valence-electron chi connectivity index (χ3n) is 14.7. The summed E-state index contributed by atoms with van der Waals surface area (Å²) in [5.74, 6) is 6.40. The number of hydrogen-bond acceptors (Lipinski definition) is 8. The number of hydrogen-bond donors (Lipinski definition) is 0. The van der Waals surface area contributed by atoms with Crippen LogP contribution in [0.3, 0.4) is 0 Å². The molecule has 0 saturated heterocycles. The van der Waals surface area contributed by atoms with Crippen LogP contribution < -0.4 is 9.64 Å². The standard InChI is InChI=1S/2C16H13N2.C15H11N2.C12H14N3.C11H11N2O.C10H9N2.2Ir.4Pt/c1-18-12-15(13-8-4-2-5-9-13)17-16(18)14-10-6-3-7-11-14;1-18-11-10-17-16(18)15-9-5-8-14(12-15)13-6-3-2-4-7-13;1-3-7-13(8-4-1)15-16-11-12-17(15)14-9-5-2-6-10-14;1-14(2)11-6-4-5-10(9-11)12-13-7-8-15(12)3;1-13-7-6-12-11(13)9-4-3-5-10(8-9)14-2;1-12-8-7-11-10(12)9-5-3-2-4-6-9;;;;;;/h2-10,12H,1H3;2-8,10-12H,1H3;1-7,9-12H;4,6-9H,1-3H3;3,5-8H,1-2H3;2-5,7-8H,1H3;;;;;;/q6*-1;;;;;;. The summed E-state index contributed by atoms with van der Waals surface area (Å²) < 4.78 is 17.2. The van der Waals surface area contributed by atoms with Crippen LogP contribution in [0.1, 0.15) is 0 Å². The van der Waals surface area contributed by atoms with Gasteiger partial charge in [0.25, 0.3) is 0 Å². The average molecular weight is 2400 g/mol. The number of ether oxygens (including phenoxy) is 1. The number of aromatic nitrogens is 12. The van der Waals surface area contributed by atoms with E-state index < -0.39 is 0 Å². The minimum atomic E-state index is 0. The fourth-order valence-electron chi connectivity index (χ4n) is 9.83. The first-order valence-corrected chi connectivity index (χ1v) is 30.3. The molecule has 2 radical (unpaired) electrons. The zero-order chi connectivity index (χ0) is 65.4. The van der Waals surface area contributed by atoms with Gasteiger partial charge in [-0.1, -0.05) is 84.9 Å². The Balaban J connectivity index is 0.000000253. The van der Waals surface area contributed by atoms with Crippen molar-refractivity contribution in [2.75, 3.05) is 26.1 Å². The van der Waals surface area contributed by atoms with Gasteiger partial charge in [-0.25, -0.2) is 0 Å². The summed E-state index contributed by atoms with van der Waals surface area (Å²) in [5.41, 5.74) is 12.8. The molecular weight excluding hydrogens is 2320 g/mol. The van der Waals surface area contributed by atoms with E-state index in [2.05, 4.69) is 130 Å². The van der Waals surface area contributed by atoms with Crippen LogP contribution in [-0.4, -0.2) is 78.5 Å². The van der Waals surface area contributed by atoms with Gasteiger partial charge >= 0.3 is 0 Å². The number of imidazole rings is 6. The SMILES string of the molecule is CN(C)c1cc[c-]c(-c2nccn2C)c1.COc1cc[c-]c(-c2nccn2C)c1.Cn1cc(-c2ccccc2)nc1-c1[c-]cccc1.Cn1ccnc1-c1[c-]ccc(-c2ccccc2)c1.Cn1ccnc1-c1[c-]cccc1.[Ir].[Ir].[Pt].[Pt].[Pt].[Pt].[c-]1ccccc1-c1nccn1-c1ccccc1. The number of nitrogens with zero attached hydrogens (tertiary/aromatic N) is 13. The normalized spacial score (nSPS) is 9.72. The Labute approximate surface area is 671 Å². The molecule has 0 N–H and O–H groups in total. The van der Waals surface area contributed by atoms with E-state index in [1.54, 1.807) is 31.9 Å². The van der Waals surface area contributed by atoms with Crippen molar-refractivity contribution >= 4 is 5.69 Å². The van der Waals surface area contributed by atoms with Crippen LogP contribution in [0.25, 0.3) is 96.4 Å². The summed E-state index contributed by atoms with van der Waals surface area (Å²) in [4.78, 5) is 28.3. The van der Waals surface area contributed by atoms with Gasteiger partial charge in [0, 0.05) is 259 Å². The predicted molar refractivity (Wildman–Crippen MR) is 377 cm³/mol. The molecule has 0 spiro atoms. The molecule has 100 heavy (non-hydrogen) atoms. The van der Waals surface area contributed by atoms with Gasteiger partial charge < -0.3 is 37.0 Å². The van der Waals surface area contributed by atoms with E-state index in [1.807, 2.05) is 279 Å². The summed E-state index contributed by atoms with van der Waals surface area (Å²) in [6, 6.07) is 91.2. The first-order valence-electron chi connectivity index (χ1n) is 30.3. The molecule has 20 heteroatoms. The number of benzene rings is 9. The van der Waals surface area contributed by atoms with Gasteiger partial charge in [-0.3, -0.25) is 29.9 Å². The monoisotopic (exact) mass is 2400 g/mol. The van der Waals surface area contributed by atoms with Crippen molar-refractivity contribution in [1.82, 2.24) is 57.3 Å². The Morgan fingerprint density at radius 1 is 0.340 bits per heavy atom.